The van der Waals surface area contributed by atoms with E-state index in [4.69, 9.17) is 0 Å². The van der Waals surface area contributed by atoms with Gasteiger partial charge in [-0.25, -0.2) is 4.98 Å². The molecule has 6 nitrogen and oxygen atoms in total. The second-order valence-corrected chi connectivity index (χ2v) is 6.81. The third kappa shape index (κ3) is 4.11. The van der Waals surface area contributed by atoms with E-state index in [2.05, 4.69) is 20.3 Å². The molecule has 0 unspecified atom stereocenters. The second-order valence-electron chi connectivity index (χ2n) is 5.95. The minimum absolute atomic E-state index is 0.255. The van der Waals surface area contributed by atoms with Crippen molar-refractivity contribution in [2.24, 2.45) is 0 Å². The Balaban J connectivity index is 1.61. The Hall–Kier alpha value is -1.86. The fraction of sp³-hybridized carbons (Fsp3) is 0.500. The quantitative estimate of drug-likeness (QED) is 0.840. The van der Waals surface area contributed by atoms with Crippen molar-refractivity contribution >= 4 is 17.2 Å². The van der Waals surface area contributed by atoms with Gasteiger partial charge in [0.25, 0.3) is 5.91 Å². The monoisotopic (exact) mass is 332 g/mol. The first-order valence-electron chi connectivity index (χ1n) is 7.89. The van der Waals surface area contributed by atoms with Gasteiger partial charge >= 0.3 is 0 Å². The van der Waals surface area contributed by atoms with Crippen molar-refractivity contribution in [3.05, 3.63) is 29.7 Å². The van der Waals surface area contributed by atoms with Crippen LogP contribution in [0.3, 0.4) is 0 Å². The molecule has 3 rings (SSSR count). The van der Waals surface area contributed by atoms with Gasteiger partial charge in [0.2, 0.25) is 0 Å². The lowest BCUT2D eigenvalue weighted by Gasteiger charge is -2.26. The van der Waals surface area contributed by atoms with E-state index < -0.39 is 5.60 Å². The van der Waals surface area contributed by atoms with Gasteiger partial charge in [-0.05, 0) is 12.8 Å². The van der Waals surface area contributed by atoms with Gasteiger partial charge in [-0.3, -0.25) is 14.8 Å². The lowest BCUT2D eigenvalue weighted by molar-refractivity contribution is 0.0246. The van der Waals surface area contributed by atoms with E-state index in [-0.39, 0.29) is 12.5 Å². The van der Waals surface area contributed by atoms with Crippen molar-refractivity contribution in [3.8, 4) is 10.7 Å². The van der Waals surface area contributed by atoms with Crippen LogP contribution in [0.5, 0.6) is 0 Å². The molecule has 0 aromatic carbocycles. The van der Waals surface area contributed by atoms with E-state index in [0.717, 1.165) is 38.5 Å². The molecule has 0 aliphatic heterocycles. The fourth-order valence-corrected chi connectivity index (χ4v) is 3.56. The van der Waals surface area contributed by atoms with E-state index >= 15 is 0 Å². The summed E-state index contributed by atoms with van der Waals surface area (Å²) in [6.45, 7) is 0.282. The molecule has 0 spiro atoms. The highest BCUT2D eigenvalue weighted by atomic mass is 32.1. The standard InChI is InChI=1S/C16H20N4O2S/c21-14(19-11-16(22)5-3-1-2-4-6-16)13-10-23-15(20-13)12-9-17-7-8-18-12/h7-10,22H,1-6,11H2,(H,19,21). The molecule has 1 fully saturated rings. The van der Waals surface area contributed by atoms with Gasteiger partial charge in [0, 0.05) is 24.3 Å². The van der Waals surface area contributed by atoms with Gasteiger partial charge in [-0.1, -0.05) is 25.7 Å². The van der Waals surface area contributed by atoms with Crippen LogP contribution in [0.2, 0.25) is 0 Å². The van der Waals surface area contributed by atoms with Gasteiger partial charge < -0.3 is 10.4 Å². The smallest absolute Gasteiger partial charge is 0.270 e. The first-order valence-corrected chi connectivity index (χ1v) is 8.77. The van der Waals surface area contributed by atoms with Gasteiger partial charge in [-0.2, -0.15) is 0 Å². The summed E-state index contributed by atoms with van der Waals surface area (Å²) in [5, 5.41) is 15.8. The van der Waals surface area contributed by atoms with E-state index in [9.17, 15) is 9.90 Å². The number of thiazole rings is 1. The number of aromatic nitrogens is 3. The molecule has 0 radical (unpaired) electrons. The van der Waals surface area contributed by atoms with Crippen molar-refractivity contribution in [3.63, 3.8) is 0 Å². The maximum atomic E-state index is 12.2. The summed E-state index contributed by atoms with van der Waals surface area (Å²) < 4.78 is 0. The van der Waals surface area contributed by atoms with Gasteiger partial charge in [0.15, 0.2) is 0 Å². The summed E-state index contributed by atoms with van der Waals surface area (Å²) in [6.07, 6.45) is 10.6. The third-order valence-electron chi connectivity index (χ3n) is 4.13. The van der Waals surface area contributed by atoms with Crippen LogP contribution in [-0.4, -0.2) is 38.1 Å². The van der Waals surface area contributed by atoms with E-state index in [0.29, 0.717) is 16.4 Å². The summed E-state index contributed by atoms with van der Waals surface area (Å²) >= 11 is 1.36. The van der Waals surface area contributed by atoms with Crippen LogP contribution in [0.15, 0.2) is 24.0 Å². The zero-order chi connectivity index (χ0) is 16.1. The summed E-state index contributed by atoms with van der Waals surface area (Å²) in [7, 11) is 0. The molecule has 7 heteroatoms. The number of rotatable bonds is 4. The van der Waals surface area contributed by atoms with Crippen LogP contribution in [0, 0.1) is 0 Å². The predicted molar refractivity (Wildman–Crippen MR) is 88.1 cm³/mol. The zero-order valence-electron chi connectivity index (χ0n) is 12.9. The lowest BCUT2D eigenvalue weighted by atomic mass is 9.94. The molecule has 0 saturated heterocycles. The number of carbonyl (C=O) groups excluding carboxylic acids is 1. The maximum Gasteiger partial charge on any atom is 0.270 e. The maximum absolute atomic E-state index is 12.2. The van der Waals surface area contributed by atoms with Gasteiger partial charge in [-0.15, -0.1) is 11.3 Å². The molecule has 23 heavy (non-hydrogen) atoms. The van der Waals surface area contributed by atoms with Crippen LogP contribution in [0.4, 0.5) is 0 Å². The molecule has 1 aliphatic carbocycles. The Kier molecular flexibility index (Phi) is 4.97. The average molecular weight is 332 g/mol. The lowest BCUT2D eigenvalue weighted by Crippen LogP contribution is -2.42. The third-order valence-corrected chi connectivity index (χ3v) is 5.00. The van der Waals surface area contributed by atoms with Crippen molar-refractivity contribution in [1.29, 1.82) is 0 Å². The van der Waals surface area contributed by atoms with Crippen molar-refractivity contribution in [1.82, 2.24) is 20.3 Å². The van der Waals surface area contributed by atoms with Gasteiger partial charge in [0.05, 0.1) is 11.8 Å². The molecule has 2 N–H and O–H groups in total. The number of nitrogens with one attached hydrogen (secondary N) is 1. The molecule has 2 aromatic rings. The fourth-order valence-electron chi connectivity index (χ4n) is 2.80. The largest absolute Gasteiger partial charge is 0.388 e. The molecule has 0 bridgehead atoms. The number of amides is 1. The summed E-state index contributed by atoms with van der Waals surface area (Å²) in [4.78, 5) is 24.7. The van der Waals surface area contributed by atoms with Gasteiger partial charge in [0.1, 0.15) is 16.4 Å². The highest BCUT2D eigenvalue weighted by Crippen LogP contribution is 2.26. The normalized spacial score (nSPS) is 17.4. The first-order chi connectivity index (χ1) is 11.2. The Bertz CT molecular complexity index is 651. The molecule has 1 saturated carbocycles. The Labute approximate surface area is 139 Å². The van der Waals surface area contributed by atoms with Crippen LogP contribution >= 0.6 is 11.3 Å². The van der Waals surface area contributed by atoms with E-state index in [1.807, 2.05) is 0 Å². The number of hydrogen-bond acceptors (Lipinski definition) is 6. The van der Waals surface area contributed by atoms with Crippen molar-refractivity contribution < 1.29 is 9.90 Å². The number of nitrogens with zero attached hydrogens (tertiary/aromatic N) is 3. The summed E-state index contributed by atoms with van der Waals surface area (Å²) in [6, 6.07) is 0. The van der Waals surface area contributed by atoms with Crippen LogP contribution in [0.25, 0.3) is 10.7 Å². The molecule has 2 heterocycles. The Morgan fingerprint density at radius 2 is 2.04 bits per heavy atom. The SMILES string of the molecule is O=C(NCC1(O)CCCCCC1)c1csc(-c2cnccn2)n1. The van der Waals surface area contributed by atoms with Crippen LogP contribution < -0.4 is 5.32 Å². The summed E-state index contributed by atoms with van der Waals surface area (Å²) in [5.41, 5.74) is 0.224. The zero-order valence-corrected chi connectivity index (χ0v) is 13.7. The molecular weight excluding hydrogens is 312 g/mol. The van der Waals surface area contributed by atoms with E-state index in [1.54, 1.807) is 24.0 Å². The molecule has 122 valence electrons. The van der Waals surface area contributed by atoms with Crippen molar-refractivity contribution in [2.45, 2.75) is 44.1 Å². The second kappa shape index (κ2) is 7.14. The molecule has 0 atom stereocenters. The minimum atomic E-state index is -0.782. The van der Waals surface area contributed by atoms with E-state index in [1.165, 1.54) is 11.3 Å². The average Bonchev–Trinajstić information content (AvgIpc) is 2.97. The minimum Gasteiger partial charge on any atom is -0.388 e. The molecule has 1 aliphatic rings. The van der Waals surface area contributed by atoms with Crippen LogP contribution in [0.1, 0.15) is 49.0 Å². The number of carbonyl (C=O) groups is 1. The number of hydrogen-bond donors (Lipinski definition) is 2. The highest BCUT2D eigenvalue weighted by molar-refractivity contribution is 7.13. The number of aliphatic hydroxyl groups is 1. The predicted octanol–water partition coefficient (Wildman–Crippen LogP) is 2.42. The summed E-state index contributed by atoms with van der Waals surface area (Å²) in [5.74, 6) is -0.255. The van der Waals surface area contributed by atoms with Crippen molar-refractivity contribution in [2.75, 3.05) is 6.54 Å². The topological polar surface area (TPSA) is 88.0 Å². The molecular formula is C16H20N4O2S. The Morgan fingerprint density at radius 1 is 1.26 bits per heavy atom. The first kappa shape index (κ1) is 16.0. The highest BCUT2D eigenvalue weighted by Gasteiger charge is 2.28. The van der Waals surface area contributed by atoms with Crippen LogP contribution in [-0.2, 0) is 0 Å². The molecule has 1 amide bonds. The Morgan fingerprint density at radius 3 is 2.74 bits per heavy atom. The molecule has 2 aromatic heterocycles.